The smallest absolute Gasteiger partial charge is 0.270 e. The van der Waals surface area contributed by atoms with Crippen molar-refractivity contribution >= 4 is 23.6 Å². The van der Waals surface area contributed by atoms with Crippen molar-refractivity contribution in [2.45, 2.75) is 25.7 Å². The van der Waals surface area contributed by atoms with Gasteiger partial charge < -0.3 is 19.7 Å². The lowest BCUT2D eigenvalue weighted by molar-refractivity contribution is -0.384. The lowest BCUT2D eigenvalue weighted by Gasteiger charge is -2.22. The number of hydrogen-bond donors (Lipinski definition) is 1. The Morgan fingerprint density at radius 3 is 2.50 bits per heavy atom. The van der Waals surface area contributed by atoms with Gasteiger partial charge in [-0.1, -0.05) is 25.0 Å². The Hall–Kier alpha value is -3.88. The fourth-order valence-corrected chi connectivity index (χ4v) is 3.72. The maximum atomic E-state index is 13.3. The van der Waals surface area contributed by atoms with Gasteiger partial charge in [0.15, 0.2) is 11.5 Å². The number of nitro groups is 1. The summed E-state index contributed by atoms with van der Waals surface area (Å²) in [6.45, 7) is 1.36. The molecule has 1 N–H and O–H groups in total. The summed E-state index contributed by atoms with van der Waals surface area (Å²) in [7, 11) is 0. The Kier molecular flexibility index (Phi) is 6.34. The number of nitro benzene ring substituents is 1. The first-order valence-electron chi connectivity index (χ1n) is 10.5. The average molecular weight is 437 g/mol. The van der Waals surface area contributed by atoms with Gasteiger partial charge in [-0.2, -0.15) is 0 Å². The van der Waals surface area contributed by atoms with Crippen LogP contribution in [-0.2, 0) is 4.79 Å². The number of nitrogens with zero attached hydrogens (tertiary/aromatic N) is 2. The number of ether oxygens (including phenoxy) is 2. The van der Waals surface area contributed by atoms with E-state index in [1.165, 1.54) is 24.3 Å². The second kappa shape index (κ2) is 9.51. The molecule has 2 aliphatic heterocycles. The molecule has 0 unspecified atom stereocenters. The van der Waals surface area contributed by atoms with E-state index in [1.54, 1.807) is 29.2 Å². The molecule has 4 rings (SSSR count). The maximum Gasteiger partial charge on any atom is 0.270 e. The third-order valence-electron chi connectivity index (χ3n) is 5.40. The number of likely N-dealkylation sites (tertiary alicyclic amines) is 1. The molecule has 0 spiro atoms. The van der Waals surface area contributed by atoms with Gasteiger partial charge >= 0.3 is 0 Å². The molecule has 9 heteroatoms. The van der Waals surface area contributed by atoms with Crippen LogP contribution in [0.2, 0.25) is 0 Å². The van der Waals surface area contributed by atoms with Gasteiger partial charge in [0.25, 0.3) is 17.5 Å². The molecule has 2 amide bonds. The van der Waals surface area contributed by atoms with Crippen molar-refractivity contribution in [3.63, 3.8) is 0 Å². The molecule has 2 aromatic carbocycles. The summed E-state index contributed by atoms with van der Waals surface area (Å²) >= 11 is 0. The van der Waals surface area contributed by atoms with E-state index in [4.69, 9.17) is 9.47 Å². The van der Waals surface area contributed by atoms with Gasteiger partial charge in [-0.05, 0) is 42.7 Å². The van der Waals surface area contributed by atoms with Crippen LogP contribution in [0.4, 0.5) is 5.69 Å². The zero-order valence-corrected chi connectivity index (χ0v) is 17.4. The number of fused-ring (bicyclic) bond motifs is 1. The predicted octanol–water partition coefficient (Wildman–Crippen LogP) is 3.50. The number of carbonyl (C=O) groups is 2. The minimum Gasteiger partial charge on any atom is -0.454 e. The number of carbonyl (C=O) groups excluding carboxylic acids is 2. The van der Waals surface area contributed by atoms with Crippen molar-refractivity contribution < 1.29 is 24.0 Å². The normalized spacial score (nSPS) is 15.8. The number of rotatable bonds is 5. The van der Waals surface area contributed by atoms with Crippen LogP contribution < -0.4 is 14.8 Å². The third-order valence-corrected chi connectivity index (χ3v) is 5.40. The Balaban J connectivity index is 1.63. The molecule has 0 atom stereocenters. The Morgan fingerprint density at radius 2 is 1.75 bits per heavy atom. The summed E-state index contributed by atoms with van der Waals surface area (Å²) in [5.74, 6) is 0.292. The fourth-order valence-electron chi connectivity index (χ4n) is 3.72. The molecule has 2 aromatic rings. The first kappa shape index (κ1) is 21.4. The predicted molar refractivity (Wildman–Crippen MR) is 116 cm³/mol. The molecular weight excluding hydrogens is 414 g/mol. The van der Waals surface area contributed by atoms with Gasteiger partial charge in [0.1, 0.15) is 5.70 Å². The molecule has 9 nitrogen and oxygen atoms in total. The Bertz CT molecular complexity index is 1070. The highest BCUT2D eigenvalue weighted by atomic mass is 16.7. The second-order valence-electron chi connectivity index (χ2n) is 7.64. The van der Waals surface area contributed by atoms with Crippen LogP contribution in [0, 0.1) is 10.1 Å². The van der Waals surface area contributed by atoms with Crippen molar-refractivity contribution in [3.05, 3.63) is 69.4 Å². The Morgan fingerprint density at radius 1 is 1.00 bits per heavy atom. The van der Waals surface area contributed by atoms with Gasteiger partial charge in [0.05, 0.1) is 4.92 Å². The second-order valence-corrected chi connectivity index (χ2v) is 7.64. The molecule has 0 radical (unpaired) electrons. The number of amides is 2. The lowest BCUT2D eigenvalue weighted by atomic mass is 10.1. The molecule has 0 aliphatic carbocycles. The summed E-state index contributed by atoms with van der Waals surface area (Å²) in [5, 5.41) is 13.7. The van der Waals surface area contributed by atoms with Gasteiger partial charge in [-0.3, -0.25) is 19.7 Å². The van der Waals surface area contributed by atoms with Crippen molar-refractivity contribution in [1.29, 1.82) is 0 Å². The van der Waals surface area contributed by atoms with E-state index >= 15 is 0 Å². The fraction of sp³-hybridized carbons (Fsp3) is 0.304. The summed E-state index contributed by atoms with van der Waals surface area (Å²) in [6.07, 6.45) is 5.52. The van der Waals surface area contributed by atoms with E-state index in [2.05, 4.69) is 5.32 Å². The highest BCUT2D eigenvalue weighted by Gasteiger charge is 2.23. The topological polar surface area (TPSA) is 111 Å². The zero-order valence-electron chi connectivity index (χ0n) is 17.4. The summed E-state index contributed by atoms with van der Waals surface area (Å²) in [4.78, 5) is 38.4. The maximum absolute atomic E-state index is 13.3. The molecule has 1 saturated heterocycles. The number of non-ortho nitro benzene ring substituents is 1. The van der Waals surface area contributed by atoms with Crippen LogP contribution in [0.3, 0.4) is 0 Å². The zero-order chi connectivity index (χ0) is 22.5. The largest absolute Gasteiger partial charge is 0.454 e. The first-order valence-corrected chi connectivity index (χ1v) is 10.5. The molecule has 0 bridgehead atoms. The minimum atomic E-state index is -0.594. The van der Waals surface area contributed by atoms with Crippen LogP contribution in [0.1, 0.15) is 41.6 Å². The SMILES string of the molecule is O=C(N/C(=C\c1ccc2c(c1)OCO2)C(=O)N1CCCCCC1)c1cccc([N+](=O)[O-])c1. The van der Waals surface area contributed by atoms with Crippen LogP contribution >= 0.6 is 0 Å². The molecular formula is C23H23N3O6. The third kappa shape index (κ3) is 4.88. The number of hydrogen-bond acceptors (Lipinski definition) is 6. The van der Waals surface area contributed by atoms with Gasteiger partial charge in [-0.25, -0.2) is 0 Å². The first-order chi connectivity index (χ1) is 15.5. The van der Waals surface area contributed by atoms with Crippen molar-refractivity contribution in [2.24, 2.45) is 0 Å². The van der Waals surface area contributed by atoms with Crippen LogP contribution in [0.5, 0.6) is 11.5 Å². The molecule has 0 aromatic heterocycles. The minimum absolute atomic E-state index is 0.0967. The van der Waals surface area contributed by atoms with E-state index in [0.717, 1.165) is 25.7 Å². The van der Waals surface area contributed by atoms with Gasteiger partial charge in [-0.15, -0.1) is 0 Å². The standard InChI is InChI=1S/C23H23N3O6/c27-22(17-6-5-7-18(14-17)26(29)30)24-19(23(28)25-10-3-1-2-4-11-25)12-16-8-9-20-21(13-16)32-15-31-20/h5-9,12-14H,1-4,10-11,15H2,(H,24,27)/b19-12-. The van der Waals surface area contributed by atoms with E-state index < -0.39 is 10.8 Å². The molecule has 166 valence electrons. The number of nitrogens with one attached hydrogen (secondary N) is 1. The molecule has 2 aliphatic rings. The molecule has 2 heterocycles. The highest BCUT2D eigenvalue weighted by molar-refractivity contribution is 6.05. The van der Waals surface area contributed by atoms with E-state index in [1.807, 2.05) is 0 Å². The van der Waals surface area contributed by atoms with Gasteiger partial charge in [0, 0.05) is 30.8 Å². The number of benzene rings is 2. The van der Waals surface area contributed by atoms with Crippen molar-refractivity contribution in [3.8, 4) is 11.5 Å². The highest BCUT2D eigenvalue weighted by Crippen LogP contribution is 2.33. The summed E-state index contributed by atoms with van der Waals surface area (Å²) in [6, 6.07) is 10.6. The summed E-state index contributed by atoms with van der Waals surface area (Å²) in [5.41, 5.74) is 0.659. The van der Waals surface area contributed by atoms with Crippen LogP contribution in [0.15, 0.2) is 48.2 Å². The molecule has 32 heavy (non-hydrogen) atoms. The summed E-state index contributed by atoms with van der Waals surface area (Å²) < 4.78 is 10.7. The monoisotopic (exact) mass is 437 g/mol. The van der Waals surface area contributed by atoms with Gasteiger partial charge in [0.2, 0.25) is 6.79 Å². The van der Waals surface area contributed by atoms with Crippen LogP contribution in [0.25, 0.3) is 6.08 Å². The van der Waals surface area contributed by atoms with E-state index in [9.17, 15) is 19.7 Å². The Labute approximate surface area is 184 Å². The quantitative estimate of drug-likeness (QED) is 0.435. The van der Waals surface area contributed by atoms with Crippen molar-refractivity contribution in [2.75, 3.05) is 19.9 Å². The average Bonchev–Trinajstić information content (AvgIpc) is 3.09. The van der Waals surface area contributed by atoms with Crippen LogP contribution in [-0.4, -0.2) is 41.5 Å². The molecule has 0 saturated carbocycles. The lowest BCUT2D eigenvalue weighted by Crippen LogP contribution is -2.39. The van der Waals surface area contributed by atoms with E-state index in [0.29, 0.717) is 30.2 Å². The molecule has 1 fully saturated rings. The van der Waals surface area contributed by atoms with Crippen molar-refractivity contribution in [1.82, 2.24) is 10.2 Å². The van der Waals surface area contributed by atoms with E-state index in [-0.39, 0.29) is 29.6 Å².